The molecule has 1 heterocycles. The summed E-state index contributed by atoms with van der Waals surface area (Å²) in [5.41, 5.74) is -0.214. The molecule has 0 aliphatic carbocycles. The van der Waals surface area contributed by atoms with Gasteiger partial charge in [0, 0.05) is 12.5 Å². The molecular weight excluding hydrogens is 477 g/mol. The van der Waals surface area contributed by atoms with E-state index in [4.69, 9.17) is 4.74 Å². The van der Waals surface area contributed by atoms with Crippen LogP contribution in [0.5, 0.6) is 11.5 Å². The molecule has 0 saturated heterocycles. The summed E-state index contributed by atoms with van der Waals surface area (Å²) in [7, 11) is 1.32. The summed E-state index contributed by atoms with van der Waals surface area (Å²) < 4.78 is 73.6. The number of halogens is 5. The van der Waals surface area contributed by atoms with E-state index in [0.717, 1.165) is 18.2 Å². The second kappa shape index (κ2) is 10.5. The molecule has 0 bridgehead atoms. The normalized spacial score (nSPS) is 12.2. The van der Waals surface area contributed by atoms with Crippen LogP contribution >= 0.6 is 0 Å². The van der Waals surface area contributed by atoms with Crippen molar-refractivity contribution >= 4 is 5.91 Å². The molecule has 35 heavy (non-hydrogen) atoms. The van der Waals surface area contributed by atoms with Gasteiger partial charge >= 0.3 is 6.36 Å². The smallest absolute Gasteiger partial charge is 0.494 e. The molecule has 2 aromatic carbocycles. The number of amides is 1. The SMILES string of the molecule is CCC(NC(=O)c1cc(=O)[nH]c(Cc2ccc(OC)c(F)c2)n1)c1ccc(OC(F)(F)F)c(F)c1. The monoisotopic (exact) mass is 497 g/mol. The predicted octanol–water partition coefficient (Wildman–Crippen LogP) is 4.43. The van der Waals surface area contributed by atoms with Gasteiger partial charge in [-0.3, -0.25) is 9.59 Å². The quantitative estimate of drug-likeness (QED) is 0.450. The Morgan fingerprint density at radius 1 is 1.09 bits per heavy atom. The Balaban J connectivity index is 1.78. The van der Waals surface area contributed by atoms with Crippen LogP contribution in [0.2, 0.25) is 0 Å². The third-order valence-corrected chi connectivity index (χ3v) is 4.91. The zero-order valence-electron chi connectivity index (χ0n) is 18.5. The van der Waals surface area contributed by atoms with Gasteiger partial charge in [-0.2, -0.15) is 0 Å². The van der Waals surface area contributed by atoms with Crippen LogP contribution in [0.3, 0.4) is 0 Å². The summed E-state index contributed by atoms with van der Waals surface area (Å²) in [5, 5.41) is 2.58. The summed E-state index contributed by atoms with van der Waals surface area (Å²) >= 11 is 0. The molecule has 0 spiro atoms. The van der Waals surface area contributed by atoms with Gasteiger partial charge in [0.2, 0.25) is 0 Å². The fraction of sp³-hybridized carbons (Fsp3) is 0.261. The Labute approximate surface area is 195 Å². The number of rotatable bonds is 8. The van der Waals surface area contributed by atoms with Gasteiger partial charge in [-0.05, 0) is 41.8 Å². The average Bonchev–Trinajstić information content (AvgIpc) is 2.77. The molecule has 0 aliphatic rings. The minimum Gasteiger partial charge on any atom is -0.494 e. The number of nitrogens with zero attached hydrogens (tertiary/aromatic N) is 1. The Kier molecular flexibility index (Phi) is 7.72. The highest BCUT2D eigenvalue weighted by atomic mass is 19.4. The van der Waals surface area contributed by atoms with Crippen molar-refractivity contribution in [3.63, 3.8) is 0 Å². The summed E-state index contributed by atoms with van der Waals surface area (Å²) in [6, 6.07) is 7.18. The van der Waals surface area contributed by atoms with Crippen molar-refractivity contribution < 1.29 is 36.2 Å². The van der Waals surface area contributed by atoms with Crippen molar-refractivity contribution in [3.8, 4) is 11.5 Å². The van der Waals surface area contributed by atoms with E-state index in [1.807, 2.05) is 0 Å². The maximum Gasteiger partial charge on any atom is 0.573 e. The van der Waals surface area contributed by atoms with Crippen LogP contribution in [-0.2, 0) is 6.42 Å². The Bertz CT molecular complexity index is 1280. The topological polar surface area (TPSA) is 93.3 Å². The van der Waals surface area contributed by atoms with Crippen molar-refractivity contribution in [3.05, 3.63) is 87.1 Å². The Morgan fingerprint density at radius 3 is 2.37 bits per heavy atom. The molecule has 0 radical (unpaired) electrons. The van der Waals surface area contributed by atoms with E-state index in [0.29, 0.717) is 5.56 Å². The first-order valence-corrected chi connectivity index (χ1v) is 10.3. The lowest BCUT2D eigenvalue weighted by Gasteiger charge is -2.18. The van der Waals surface area contributed by atoms with Gasteiger partial charge in [-0.25, -0.2) is 13.8 Å². The van der Waals surface area contributed by atoms with E-state index < -0.39 is 41.3 Å². The Morgan fingerprint density at radius 2 is 1.77 bits per heavy atom. The third kappa shape index (κ3) is 6.78. The molecule has 186 valence electrons. The first-order chi connectivity index (χ1) is 16.5. The highest BCUT2D eigenvalue weighted by Gasteiger charge is 2.32. The first kappa shape index (κ1) is 25.7. The molecule has 7 nitrogen and oxygen atoms in total. The van der Waals surface area contributed by atoms with Gasteiger partial charge in [0.05, 0.1) is 13.2 Å². The number of carbonyl (C=O) groups is 1. The largest absolute Gasteiger partial charge is 0.573 e. The summed E-state index contributed by atoms with van der Waals surface area (Å²) in [5.74, 6) is -3.48. The fourth-order valence-electron chi connectivity index (χ4n) is 3.32. The number of aromatic nitrogens is 2. The maximum atomic E-state index is 14.1. The highest BCUT2D eigenvalue weighted by Crippen LogP contribution is 2.28. The molecule has 1 amide bonds. The molecule has 0 fully saturated rings. The average molecular weight is 497 g/mol. The zero-order chi connectivity index (χ0) is 25.8. The molecule has 1 atom stereocenters. The van der Waals surface area contributed by atoms with Crippen LogP contribution in [0.1, 0.15) is 46.8 Å². The number of hydrogen-bond acceptors (Lipinski definition) is 5. The first-order valence-electron chi connectivity index (χ1n) is 10.3. The number of aromatic amines is 1. The van der Waals surface area contributed by atoms with Crippen LogP contribution in [-0.4, -0.2) is 29.3 Å². The summed E-state index contributed by atoms with van der Waals surface area (Å²) in [6.45, 7) is 1.66. The lowest BCUT2D eigenvalue weighted by atomic mass is 10.0. The van der Waals surface area contributed by atoms with Crippen molar-refractivity contribution in [2.45, 2.75) is 32.2 Å². The number of hydrogen-bond donors (Lipinski definition) is 2. The molecule has 3 rings (SSSR count). The van der Waals surface area contributed by atoms with Crippen molar-refractivity contribution in [1.29, 1.82) is 0 Å². The van der Waals surface area contributed by atoms with Gasteiger partial charge in [0.1, 0.15) is 11.5 Å². The van der Waals surface area contributed by atoms with E-state index in [-0.39, 0.29) is 35.7 Å². The molecule has 2 N–H and O–H groups in total. The number of methoxy groups -OCH3 is 1. The highest BCUT2D eigenvalue weighted by molar-refractivity contribution is 5.92. The van der Waals surface area contributed by atoms with Crippen LogP contribution < -0.4 is 20.3 Å². The number of nitrogens with one attached hydrogen (secondary N) is 2. The van der Waals surface area contributed by atoms with Crippen LogP contribution in [0.15, 0.2) is 47.3 Å². The van der Waals surface area contributed by atoms with E-state index in [2.05, 4.69) is 20.0 Å². The van der Waals surface area contributed by atoms with Crippen LogP contribution in [0.25, 0.3) is 0 Å². The number of H-pyrrole nitrogens is 1. The fourth-order valence-corrected chi connectivity index (χ4v) is 3.32. The zero-order valence-corrected chi connectivity index (χ0v) is 18.5. The van der Waals surface area contributed by atoms with Gasteiger partial charge in [0.15, 0.2) is 23.1 Å². The molecule has 1 aromatic heterocycles. The number of alkyl halides is 3. The van der Waals surface area contributed by atoms with E-state index in [1.165, 1.54) is 25.3 Å². The second-order valence-electron chi connectivity index (χ2n) is 7.39. The molecule has 12 heteroatoms. The number of carbonyl (C=O) groups excluding carboxylic acids is 1. The van der Waals surface area contributed by atoms with Crippen molar-refractivity contribution in [2.24, 2.45) is 0 Å². The van der Waals surface area contributed by atoms with Crippen molar-refractivity contribution in [1.82, 2.24) is 15.3 Å². The number of ether oxygens (including phenoxy) is 2. The van der Waals surface area contributed by atoms with Crippen LogP contribution in [0.4, 0.5) is 22.0 Å². The molecule has 0 aliphatic heterocycles. The maximum absolute atomic E-state index is 14.1. The van der Waals surface area contributed by atoms with Crippen LogP contribution in [0, 0.1) is 11.6 Å². The molecule has 1 unspecified atom stereocenters. The molecule has 0 saturated carbocycles. The predicted molar refractivity (Wildman–Crippen MR) is 114 cm³/mol. The van der Waals surface area contributed by atoms with Gasteiger partial charge in [-0.15, -0.1) is 13.2 Å². The minimum absolute atomic E-state index is 0.0142. The van der Waals surface area contributed by atoms with Crippen molar-refractivity contribution in [2.75, 3.05) is 7.11 Å². The van der Waals surface area contributed by atoms with Gasteiger partial charge in [-0.1, -0.05) is 19.1 Å². The molecular formula is C23H20F5N3O4. The minimum atomic E-state index is -5.05. The number of benzene rings is 2. The Hall–Kier alpha value is -3.96. The second-order valence-corrected chi connectivity index (χ2v) is 7.39. The standard InChI is InChI=1S/C23H20F5N3O4/c1-3-16(13-5-7-19(15(25)10-13)35-23(26,27)28)30-22(33)17-11-21(32)31-20(29-17)9-12-4-6-18(34-2)14(24)8-12/h4-8,10-11,16H,3,9H2,1-2H3,(H,30,33)(H,29,31,32). The third-order valence-electron chi connectivity index (χ3n) is 4.91. The van der Waals surface area contributed by atoms with Gasteiger partial charge < -0.3 is 19.8 Å². The lowest BCUT2D eigenvalue weighted by molar-refractivity contribution is -0.275. The molecule has 3 aromatic rings. The van der Waals surface area contributed by atoms with E-state index >= 15 is 0 Å². The van der Waals surface area contributed by atoms with Gasteiger partial charge in [0.25, 0.3) is 11.5 Å². The van der Waals surface area contributed by atoms with E-state index in [9.17, 15) is 31.5 Å². The summed E-state index contributed by atoms with van der Waals surface area (Å²) in [6.07, 6.45) is -4.78. The lowest BCUT2D eigenvalue weighted by Crippen LogP contribution is -2.30. The van der Waals surface area contributed by atoms with E-state index in [1.54, 1.807) is 13.0 Å². The summed E-state index contributed by atoms with van der Waals surface area (Å²) in [4.78, 5) is 31.4.